The van der Waals surface area contributed by atoms with Gasteiger partial charge in [-0.3, -0.25) is 4.79 Å². The van der Waals surface area contributed by atoms with E-state index in [1.807, 2.05) is 0 Å². The molecule has 1 aliphatic rings. The van der Waals surface area contributed by atoms with Gasteiger partial charge in [0.15, 0.2) is 0 Å². The van der Waals surface area contributed by atoms with Gasteiger partial charge in [-0.25, -0.2) is 0 Å². The second-order valence-electron chi connectivity index (χ2n) is 3.83. The number of alkyl halides is 1. The Morgan fingerprint density at radius 1 is 1.67 bits per heavy atom. The standard InChI is InChI=1S/C10H11BrClNO2/c11-6-10(3-1-4-10)13-9(14)7-2-5-15-8(7)12/h2,5H,1,3-4,6H2,(H,13,14). The van der Waals surface area contributed by atoms with E-state index in [9.17, 15) is 4.79 Å². The zero-order valence-corrected chi connectivity index (χ0v) is 10.4. The van der Waals surface area contributed by atoms with Crippen molar-refractivity contribution in [2.45, 2.75) is 24.8 Å². The van der Waals surface area contributed by atoms with Crippen molar-refractivity contribution in [3.63, 3.8) is 0 Å². The SMILES string of the molecule is O=C(NC1(CBr)CCC1)c1ccoc1Cl. The predicted octanol–water partition coefficient (Wildman–Crippen LogP) is 2.98. The van der Waals surface area contributed by atoms with Gasteiger partial charge in [-0.1, -0.05) is 15.9 Å². The number of hydrogen-bond donors (Lipinski definition) is 1. The molecule has 0 bridgehead atoms. The lowest BCUT2D eigenvalue weighted by atomic mass is 9.78. The van der Waals surface area contributed by atoms with Crippen LogP contribution in [0.2, 0.25) is 5.22 Å². The molecule has 1 heterocycles. The van der Waals surface area contributed by atoms with Crippen LogP contribution in [0.5, 0.6) is 0 Å². The van der Waals surface area contributed by atoms with Crippen molar-refractivity contribution in [2.24, 2.45) is 0 Å². The van der Waals surface area contributed by atoms with Crippen LogP contribution in [-0.2, 0) is 0 Å². The fraction of sp³-hybridized carbons (Fsp3) is 0.500. The second-order valence-corrected chi connectivity index (χ2v) is 4.73. The van der Waals surface area contributed by atoms with Crippen LogP contribution in [0.25, 0.3) is 0 Å². The molecule has 0 aromatic carbocycles. The van der Waals surface area contributed by atoms with Crippen molar-refractivity contribution in [1.29, 1.82) is 0 Å². The Balaban J connectivity index is 2.07. The minimum Gasteiger partial charge on any atom is -0.452 e. The molecular weight excluding hydrogens is 281 g/mol. The van der Waals surface area contributed by atoms with E-state index >= 15 is 0 Å². The van der Waals surface area contributed by atoms with Gasteiger partial charge < -0.3 is 9.73 Å². The summed E-state index contributed by atoms with van der Waals surface area (Å²) in [6.07, 6.45) is 4.60. The minimum absolute atomic E-state index is 0.0856. The average Bonchev–Trinajstić information content (AvgIpc) is 2.58. The Kier molecular flexibility index (Phi) is 3.07. The Hall–Kier alpha value is -0.480. The van der Waals surface area contributed by atoms with Crippen molar-refractivity contribution >= 4 is 33.4 Å². The van der Waals surface area contributed by atoms with Crippen LogP contribution in [0.1, 0.15) is 29.6 Å². The van der Waals surface area contributed by atoms with E-state index in [1.54, 1.807) is 6.07 Å². The molecule has 3 nitrogen and oxygen atoms in total. The summed E-state index contributed by atoms with van der Waals surface area (Å²) in [4.78, 5) is 11.8. The van der Waals surface area contributed by atoms with Crippen molar-refractivity contribution in [1.82, 2.24) is 5.32 Å². The van der Waals surface area contributed by atoms with Crippen molar-refractivity contribution in [3.8, 4) is 0 Å². The number of amides is 1. The molecule has 0 unspecified atom stereocenters. The first-order chi connectivity index (χ1) is 7.17. The number of rotatable bonds is 3. The third-order valence-electron chi connectivity index (χ3n) is 2.81. The third kappa shape index (κ3) is 2.06. The molecule has 1 fully saturated rings. The van der Waals surface area contributed by atoms with Crippen LogP contribution >= 0.6 is 27.5 Å². The molecule has 0 atom stereocenters. The van der Waals surface area contributed by atoms with Crippen LogP contribution in [0.15, 0.2) is 16.7 Å². The Bertz CT molecular complexity index is 368. The molecule has 0 spiro atoms. The average molecular weight is 293 g/mol. The van der Waals surface area contributed by atoms with Gasteiger partial charge in [0, 0.05) is 5.33 Å². The normalized spacial score (nSPS) is 18.3. The monoisotopic (exact) mass is 291 g/mol. The van der Waals surface area contributed by atoms with Crippen molar-refractivity contribution < 1.29 is 9.21 Å². The van der Waals surface area contributed by atoms with E-state index in [0.29, 0.717) is 5.56 Å². The summed E-state index contributed by atoms with van der Waals surface area (Å²) in [6, 6.07) is 1.58. The van der Waals surface area contributed by atoms with Gasteiger partial charge >= 0.3 is 0 Å². The van der Waals surface area contributed by atoms with Crippen LogP contribution in [0.3, 0.4) is 0 Å². The van der Waals surface area contributed by atoms with Gasteiger partial charge in [0.05, 0.1) is 17.4 Å². The van der Waals surface area contributed by atoms with Crippen LogP contribution in [0, 0.1) is 0 Å². The topological polar surface area (TPSA) is 42.2 Å². The summed E-state index contributed by atoms with van der Waals surface area (Å²) >= 11 is 9.15. The molecule has 15 heavy (non-hydrogen) atoms. The van der Waals surface area contributed by atoms with Crippen LogP contribution < -0.4 is 5.32 Å². The lowest BCUT2D eigenvalue weighted by molar-refractivity contribution is 0.0856. The maximum atomic E-state index is 11.8. The summed E-state index contributed by atoms with van der Waals surface area (Å²) in [6.45, 7) is 0. The summed E-state index contributed by atoms with van der Waals surface area (Å²) in [5.41, 5.74) is 0.321. The molecule has 0 radical (unpaired) electrons. The maximum Gasteiger partial charge on any atom is 0.256 e. The highest BCUT2D eigenvalue weighted by Crippen LogP contribution is 2.34. The smallest absolute Gasteiger partial charge is 0.256 e. The quantitative estimate of drug-likeness (QED) is 0.870. The van der Waals surface area contributed by atoms with Crippen molar-refractivity contribution in [2.75, 3.05) is 5.33 Å². The van der Waals surface area contributed by atoms with E-state index in [4.69, 9.17) is 16.0 Å². The highest BCUT2D eigenvalue weighted by Gasteiger charge is 2.37. The lowest BCUT2D eigenvalue weighted by Crippen LogP contribution is -2.54. The number of carbonyl (C=O) groups is 1. The highest BCUT2D eigenvalue weighted by atomic mass is 79.9. The highest BCUT2D eigenvalue weighted by molar-refractivity contribution is 9.09. The van der Waals surface area contributed by atoms with E-state index in [2.05, 4.69) is 21.2 Å². The number of furan rings is 1. The number of halogens is 2. The summed E-state index contributed by atoms with van der Waals surface area (Å²) < 4.78 is 4.88. The fourth-order valence-electron chi connectivity index (χ4n) is 1.66. The first-order valence-electron chi connectivity index (χ1n) is 4.78. The number of hydrogen-bond acceptors (Lipinski definition) is 2. The van der Waals surface area contributed by atoms with E-state index in [-0.39, 0.29) is 16.7 Å². The number of nitrogens with one attached hydrogen (secondary N) is 1. The van der Waals surface area contributed by atoms with E-state index in [0.717, 1.165) is 24.6 Å². The third-order valence-corrected chi connectivity index (χ3v) is 4.17. The zero-order valence-electron chi connectivity index (χ0n) is 8.06. The van der Waals surface area contributed by atoms with Gasteiger partial charge in [0.25, 0.3) is 5.91 Å². The largest absolute Gasteiger partial charge is 0.452 e. The predicted molar refractivity (Wildman–Crippen MR) is 61.6 cm³/mol. The number of carbonyl (C=O) groups excluding carboxylic acids is 1. The second kappa shape index (κ2) is 4.18. The first-order valence-corrected chi connectivity index (χ1v) is 6.28. The Morgan fingerprint density at radius 2 is 2.40 bits per heavy atom. The van der Waals surface area contributed by atoms with E-state index in [1.165, 1.54) is 6.26 Å². The molecule has 1 aliphatic carbocycles. The van der Waals surface area contributed by atoms with Gasteiger partial charge in [0.2, 0.25) is 5.22 Å². The van der Waals surface area contributed by atoms with Gasteiger partial charge in [-0.15, -0.1) is 0 Å². The molecule has 1 amide bonds. The van der Waals surface area contributed by atoms with Gasteiger partial charge in [-0.05, 0) is 36.9 Å². The molecule has 82 valence electrons. The molecule has 0 saturated heterocycles. The molecule has 0 aliphatic heterocycles. The minimum atomic E-state index is -0.159. The first kappa shape index (κ1) is 11.0. The molecule has 1 N–H and O–H groups in total. The molecule has 1 aromatic heterocycles. The van der Waals surface area contributed by atoms with Gasteiger partial charge in [0.1, 0.15) is 0 Å². The summed E-state index contributed by atoms with van der Waals surface area (Å²) in [7, 11) is 0. The Labute approximate surface area is 101 Å². The molecule has 1 saturated carbocycles. The van der Waals surface area contributed by atoms with Gasteiger partial charge in [-0.2, -0.15) is 0 Å². The molecule has 5 heteroatoms. The van der Waals surface area contributed by atoms with Crippen LogP contribution in [-0.4, -0.2) is 16.8 Å². The maximum absolute atomic E-state index is 11.8. The van der Waals surface area contributed by atoms with E-state index < -0.39 is 0 Å². The van der Waals surface area contributed by atoms with Crippen molar-refractivity contribution in [3.05, 3.63) is 23.1 Å². The van der Waals surface area contributed by atoms with Crippen LogP contribution in [0.4, 0.5) is 0 Å². The molecular formula is C10H11BrClNO2. The molecule has 2 rings (SSSR count). The Morgan fingerprint density at radius 3 is 2.80 bits per heavy atom. The fourth-order valence-corrected chi connectivity index (χ4v) is 2.56. The summed E-state index contributed by atoms with van der Waals surface area (Å²) in [5, 5.41) is 3.92. The lowest BCUT2D eigenvalue weighted by Gasteiger charge is -2.41. The molecule has 1 aromatic rings. The zero-order chi connectivity index (χ0) is 10.9. The summed E-state index contributed by atoms with van der Waals surface area (Å²) in [5.74, 6) is -0.159.